The van der Waals surface area contributed by atoms with Gasteiger partial charge in [-0.15, -0.1) is 0 Å². The normalized spacial score (nSPS) is 27.8. The van der Waals surface area contributed by atoms with Crippen LogP contribution in [0.25, 0.3) is 0 Å². The zero-order valence-electron chi connectivity index (χ0n) is 6.37. The summed E-state index contributed by atoms with van der Waals surface area (Å²) in [4.78, 5) is 0. The molecule has 0 amide bonds. The van der Waals surface area contributed by atoms with E-state index in [1.54, 1.807) is 6.92 Å². The molecule has 0 spiro atoms. The van der Waals surface area contributed by atoms with Crippen molar-refractivity contribution in [2.24, 2.45) is 0 Å². The second-order valence-electron chi connectivity index (χ2n) is 3.06. The smallest absolute Gasteiger partial charge is 0.125 e. The molecule has 1 aliphatic rings. The molecule has 1 heterocycles. The summed E-state index contributed by atoms with van der Waals surface area (Å²) >= 11 is 0. The predicted octanol–water partition coefficient (Wildman–Crippen LogP) is 1.29. The highest BCUT2D eigenvalue weighted by atomic mass is 16.5. The van der Waals surface area contributed by atoms with Crippen molar-refractivity contribution < 1.29 is 9.84 Å². The van der Waals surface area contributed by atoms with E-state index in [9.17, 15) is 5.11 Å². The van der Waals surface area contributed by atoms with Gasteiger partial charge in [0.15, 0.2) is 0 Å². The van der Waals surface area contributed by atoms with Crippen LogP contribution >= 0.6 is 0 Å². The lowest BCUT2D eigenvalue weighted by Crippen LogP contribution is -2.22. The molecule has 1 unspecified atom stereocenters. The van der Waals surface area contributed by atoms with Crippen molar-refractivity contribution in [1.82, 2.24) is 0 Å². The molecule has 1 aliphatic heterocycles. The molecule has 0 fully saturated rings. The van der Waals surface area contributed by atoms with Crippen LogP contribution in [0.2, 0.25) is 0 Å². The van der Waals surface area contributed by atoms with Gasteiger partial charge in [0.2, 0.25) is 0 Å². The molecule has 0 aromatic heterocycles. The zero-order valence-corrected chi connectivity index (χ0v) is 6.37. The second-order valence-corrected chi connectivity index (χ2v) is 3.06. The van der Waals surface area contributed by atoms with Crippen LogP contribution in [-0.2, 0) is 5.60 Å². The first-order valence-corrected chi connectivity index (χ1v) is 3.65. The maximum absolute atomic E-state index is 9.72. The first-order valence-electron chi connectivity index (χ1n) is 3.65. The highest BCUT2D eigenvalue weighted by Crippen LogP contribution is 2.35. The first kappa shape index (κ1) is 6.68. The number of hydrogen-bond acceptors (Lipinski definition) is 2. The average Bonchev–Trinajstić information content (AvgIpc) is 2.29. The Hall–Kier alpha value is -1.02. The number of benzene rings is 1. The Labute approximate surface area is 65.4 Å². The quantitative estimate of drug-likeness (QED) is 0.603. The topological polar surface area (TPSA) is 29.5 Å². The minimum atomic E-state index is -0.795. The largest absolute Gasteiger partial charge is 0.490 e. The number of hydrogen-bond donors (Lipinski definition) is 1. The van der Waals surface area contributed by atoms with Crippen LogP contribution < -0.4 is 4.74 Å². The van der Waals surface area contributed by atoms with E-state index < -0.39 is 5.60 Å². The molecule has 11 heavy (non-hydrogen) atoms. The van der Waals surface area contributed by atoms with E-state index in [-0.39, 0.29) is 0 Å². The SMILES string of the molecule is CC1(O)COc2ccccc21. The number of rotatable bonds is 0. The minimum absolute atomic E-state index is 0.367. The van der Waals surface area contributed by atoms with Gasteiger partial charge < -0.3 is 9.84 Å². The van der Waals surface area contributed by atoms with Crippen molar-refractivity contribution in [3.05, 3.63) is 29.8 Å². The molecule has 0 radical (unpaired) electrons. The third-order valence-corrected chi connectivity index (χ3v) is 1.98. The first-order chi connectivity index (χ1) is 5.20. The molecule has 58 valence electrons. The minimum Gasteiger partial charge on any atom is -0.490 e. The molecule has 1 aromatic carbocycles. The molecule has 1 atom stereocenters. The molecular weight excluding hydrogens is 140 g/mol. The number of aliphatic hydroxyl groups is 1. The summed E-state index contributed by atoms with van der Waals surface area (Å²) in [5.41, 5.74) is 0.0938. The van der Waals surface area contributed by atoms with Crippen LogP contribution in [0.15, 0.2) is 24.3 Å². The van der Waals surface area contributed by atoms with Crippen LogP contribution in [-0.4, -0.2) is 11.7 Å². The summed E-state index contributed by atoms with van der Waals surface area (Å²) < 4.78 is 5.26. The van der Waals surface area contributed by atoms with Gasteiger partial charge in [-0.1, -0.05) is 18.2 Å². The Morgan fingerprint density at radius 2 is 2.18 bits per heavy atom. The molecule has 1 aromatic rings. The van der Waals surface area contributed by atoms with Gasteiger partial charge >= 0.3 is 0 Å². The van der Waals surface area contributed by atoms with Crippen LogP contribution in [0.3, 0.4) is 0 Å². The summed E-state index contributed by atoms with van der Waals surface area (Å²) in [6.07, 6.45) is 0. The fraction of sp³-hybridized carbons (Fsp3) is 0.333. The monoisotopic (exact) mass is 150 g/mol. The van der Waals surface area contributed by atoms with Crippen molar-refractivity contribution in [3.8, 4) is 5.75 Å². The van der Waals surface area contributed by atoms with Crippen molar-refractivity contribution in [1.29, 1.82) is 0 Å². The molecular formula is C9H10O2. The van der Waals surface area contributed by atoms with Gasteiger partial charge in [-0.2, -0.15) is 0 Å². The number of para-hydroxylation sites is 1. The Morgan fingerprint density at radius 3 is 2.91 bits per heavy atom. The zero-order chi connectivity index (χ0) is 7.90. The summed E-state index contributed by atoms with van der Waals surface area (Å²) in [7, 11) is 0. The van der Waals surface area contributed by atoms with E-state index in [1.807, 2.05) is 24.3 Å². The molecule has 2 rings (SSSR count). The Bertz CT molecular complexity index is 279. The highest BCUT2D eigenvalue weighted by molar-refractivity contribution is 5.40. The van der Waals surface area contributed by atoms with Crippen molar-refractivity contribution in [3.63, 3.8) is 0 Å². The fourth-order valence-electron chi connectivity index (χ4n) is 1.33. The predicted molar refractivity (Wildman–Crippen MR) is 41.5 cm³/mol. The van der Waals surface area contributed by atoms with Gasteiger partial charge in [-0.05, 0) is 13.0 Å². The van der Waals surface area contributed by atoms with Crippen LogP contribution in [0.5, 0.6) is 5.75 Å². The van der Waals surface area contributed by atoms with Gasteiger partial charge in [0.25, 0.3) is 0 Å². The van der Waals surface area contributed by atoms with Gasteiger partial charge in [0, 0.05) is 5.56 Å². The van der Waals surface area contributed by atoms with Crippen molar-refractivity contribution >= 4 is 0 Å². The standard InChI is InChI=1S/C9H10O2/c1-9(10)6-11-8-5-3-2-4-7(8)9/h2-5,10H,6H2,1H3. The molecule has 0 bridgehead atoms. The van der Waals surface area contributed by atoms with E-state index >= 15 is 0 Å². The lowest BCUT2D eigenvalue weighted by atomic mass is 9.99. The van der Waals surface area contributed by atoms with Crippen LogP contribution in [0.4, 0.5) is 0 Å². The Balaban J connectivity index is 2.56. The van der Waals surface area contributed by atoms with E-state index in [1.165, 1.54) is 0 Å². The third-order valence-electron chi connectivity index (χ3n) is 1.98. The lowest BCUT2D eigenvalue weighted by molar-refractivity contribution is 0.0349. The Kier molecular flexibility index (Phi) is 1.20. The van der Waals surface area contributed by atoms with Crippen LogP contribution in [0, 0.1) is 0 Å². The second kappa shape index (κ2) is 1.98. The maximum atomic E-state index is 9.72. The molecule has 0 saturated carbocycles. The molecule has 0 saturated heterocycles. The fourth-order valence-corrected chi connectivity index (χ4v) is 1.33. The molecule has 1 N–H and O–H groups in total. The maximum Gasteiger partial charge on any atom is 0.125 e. The summed E-state index contributed by atoms with van der Waals surface area (Å²) in [6, 6.07) is 7.57. The van der Waals surface area contributed by atoms with E-state index in [0.29, 0.717) is 6.61 Å². The van der Waals surface area contributed by atoms with E-state index in [4.69, 9.17) is 4.74 Å². The molecule has 2 heteroatoms. The number of fused-ring (bicyclic) bond motifs is 1. The third kappa shape index (κ3) is 0.906. The van der Waals surface area contributed by atoms with Gasteiger partial charge in [0.05, 0.1) is 0 Å². The molecule has 0 aliphatic carbocycles. The average molecular weight is 150 g/mol. The van der Waals surface area contributed by atoms with Crippen molar-refractivity contribution in [2.45, 2.75) is 12.5 Å². The van der Waals surface area contributed by atoms with Crippen molar-refractivity contribution in [2.75, 3.05) is 6.61 Å². The van der Waals surface area contributed by atoms with E-state index in [2.05, 4.69) is 0 Å². The van der Waals surface area contributed by atoms with Gasteiger partial charge in [-0.25, -0.2) is 0 Å². The summed E-state index contributed by atoms with van der Waals surface area (Å²) in [5.74, 6) is 0.803. The summed E-state index contributed by atoms with van der Waals surface area (Å²) in [6.45, 7) is 2.13. The highest BCUT2D eigenvalue weighted by Gasteiger charge is 2.33. The van der Waals surface area contributed by atoms with Gasteiger partial charge in [-0.3, -0.25) is 0 Å². The lowest BCUT2D eigenvalue weighted by Gasteiger charge is -2.12. The summed E-state index contributed by atoms with van der Waals surface area (Å²) in [5, 5.41) is 9.72. The van der Waals surface area contributed by atoms with Crippen LogP contribution in [0.1, 0.15) is 12.5 Å². The Morgan fingerprint density at radius 1 is 1.45 bits per heavy atom. The number of ether oxygens (including phenoxy) is 1. The van der Waals surface area contributed by atoms with Gasteiger partial charge in [0.1, 0.15) is 18.0 Å². The molecule has 2 nitrogen and oxygen atoms in total. The van der Waals surface area contributed by atoms with E-state index in [0.717, 1.165) is 11.3 Å².